The topological polar surface area (TPSA) is 66.8 Å². The number of hydrogen-bond acceptors (Lipinski definition) is 3. The van der Waals surface area contributed by atoms with Crippen LogP contribution < -0.4 is 9.64 Å². The molecule has 0 unspecified atom stereocenters. The summed E-state index contributed by atoms with van der Waals surface area (Å²) in [5.74, 6) is -1.96. The van der Waals surface area contributed by atoms with Crippen LogP contribution in [-0.4, -0.2) is 23.5 Å². The molecule has 3 aromatic rings. The maximum Gasteiger partial charge on any atom is 0.335 e. The van der Waals surface area contributed by atoms with Gasteiger partial charge in [0.25, 0.3) is 5.91 Å². The van der Waals surface area contributed by atoms with Crippen LogP contribution in [0.1, 0.15) is 33.2 Å². The van der Waals surface area contributed by atoms with Crippen molar-refractivity contribution in [3.63, 3.8) is 0 Å². The van der Waals surface area contributed by atoms with Crippen LogP contribution in [0.25, 0.3) is 0 Å². The zero-order valence-electron chi connectivity index (χ0n) is 17.0. The van der Waals surface area contributed by atoms with Crippen LogP contribution >= 0.6 is 46.4 Å². The summed E-state index contributed by atoms with van der Waals surface area (Å²) in [6.45, 7) is 1.78. The summed E-state index contributed by atoms with van der Waals surface area (Å²) >= 11 is 24.5. The second-order valence-electron chi connectivity index (χ2n) is 6.81. The van der Waals surface area contributed by atoms with E-state index in [0.717, 1.165) is 0 Å². The molecule has 0 aliphatic rings. The molecule has 33 heavy (non-hydrogen) atoms. The van der Waals surface area contributed by atoms with Crippen molar-refractivity contribution in [2.24, 2.45) is 0 Å². The lowest BCUT2D eigenvalue weighted by molar-refractivity contribution is 0.0696. The fourth-order valence-electron chi connectivity index (χ4n) is 3.05. The van der Waals surface area contributed by atoms with E-state index in [1.54, 1.807) is 19.1 Å². The lowest BCUT2D eigenvalue weighted by atomic mass is 10.1. The van der Waals surface area contributed by atoms with Gasteiger partial charge in [-0.15, -0.1) is 0 Å². The lowest BCUT2D eigenvalue weighted by Crippen LogP contribution is -2.31. The highest BCUT2D eigenvalue weighted by molar-refractivity contribution is 6.41. The molecular weight excluding hydrogens is 515 g/mol. The number of benzene rings is 3. The molecular formula is C23H16Cl4FNO4. The molecule has 1 N–H and O–H groups in total. The van der Waals surface area contributed by atoms with Crippen LogP contribution in [-0.2, 0) is 6.61 Å². The molecule has 1 amide bonds. The van der Waals surface area contributed by atoms with E-state index in [2.05, 4.69) is 0 Å². The van der Waals surface area contributed by atoms with Crippen LogP contribution in [0.5, 0.6) is 5.75 Å². The Morgan fingerprint density at radius 3 is 2.21 bits per heavy atom. The summed E-state index contributed by atoms with van der Waals surface area (Å²) in [4.78, 5) is 25.8. The molecule has 0 heterocycles. The Labute approximate surface area is 209 Å². The zero-order valence-corrected chi connectivity index (χ0v) is 20.1. The molecule has 172 valence electrons. The summed E-state index contributed by atoms with van der Waals surface area (Å²) in [6.07, 6.45) is 0. The van der Waals surface area contributed by atoms with Gasteiger partial charge in [-0.2, -0.15) is 0 Å². The number of rotatable bonds is 7. The Hall–Kier alpha value is -2.51. The van der Waals surface area contributed by atoms with Gasteiger partial charge in [-0.05, 0) is 49.4 Å². The standard InChI is InChI=1S/C23H16Cl4FNO4/c1-2-29(21-18(26)7-13(23(31)32)8-19(21)27)22(30)16-10-15(5-6-17(16)25)33-11-12-3-4-14(24)9-20(12)28/h3-10H,2,11H2,1H3,(H,31,32). The Morgan fingerprint density at radius 2 is 1.64 bits per heavy atom. The normalized spacial score (nSPS) is 10.7. The van der Waals surface area contributed by atoms with Crippen LogP contribution in [0.2, 0.25) is 20.1 Å². The first-order valence-electron chi connectivity index (χ1n) is 9.52. The van der Waals surface area contributed by atoms with E-state index in [-0.39, 0.29) is 61.4 Å². The van der Waals surface area contributed by atoms with E-state index < -0.39 is 17.7 Å². The second kappa shape index (κ2) is 10.6. The third-order valence-corrected chi connectivity index (χ3v) is 5.81. The van der Waals surface area contributed by atoms with Crippen LogP contribution in [0.3, 0.4) is 0 Å². The number of carboxylic acids is 1. The number of halogens is 5. The SMILES string of the molecule is CCN(C(=O)c1cc(OCc2ccc(Cl)cc2F)ccc1Cl)c1c(Cl)cc(C(=O)O)cc1Cl. The first kappa shape index (κ1) is 25.1. The molecule has 0 bridgehead atoms. The summed E-state index contributed by atoms with van der Waals surface area (Å²) in [6, 6.07) is 11.1. The maximum absolute atomic E-state index is 14.0. The number of hydrogen-bond donors (Lipinski definition) is 1. The number of aromatic carboxylic acids is 1. The first-order valence-corrected chi connectivity index (χ1v) is 11.0. The lowest BCUT2D eigenvalue weighted by Gasteiger charge is -2.24. The average Bonchev–Trinajstić information content (AvgIpc) is 2.76. The first-order chi connectivity index (χ1) is 15.6. The Morgan fingerprint density at radius 1 is 0.970 bits per heavy atom. The third-order valence-electron chi connectivity index (χ3n) is 4.67. The number of anilines is 1. The fourth-order valence-corrected chi connectivity index (χ4v) is 4.10. The van der Waals surface area contributed by atoms with E-state index in [9.17, 15) is 19.1 Å². The molecule has 10 heteroatoms. The van der Waals surface area contributed by atoms with Crippen LogP contribution in [0.15, 0.2) is 48.5 Å². The molecule has 3 aromatic carbocycles. The summed E-state index contributed by atoms with van der Waals surface area (Å²) < 4.78 is 19.6. The summed E-state index contributed by atoms with van der Waals surface area (Å²) in [5.41, 5.74) is 0.429. The van der Waals surface area contributed by atoms with Gasteiger partial charge in [0.05, 0.1) is 31.9 Å². The van der Waals surface area contributed by atoms with Crippen molar-refractivity contribution in [2.75, 3.05) is 11.4 Å². The number of amides is 1. The Kier molecular flexibility index (Phi) is 8.08. The summed E-state index contributed by atoms with van der Waals surface area (Å²) in [5, 5.41) is 9.59. The molecule has 0 saturated heterocycles. The molecule has 0 saturated carbocycles. The molecule has 0 aromatic heterocycles. The molecule has 0 aliphatic carbocycles. The predicted molar refractivity (Wildman–Crippen MR) is 128 cm³/mol. The third kappa shape index (κ3) is 5.71. The van der Waals surface area contributed by atoms with Gasteiger partial charge in [-0.1, -0.05) is 52.5 Å². The van der Waals surface area contributed by atoms with Crippen molar-refractivity contribution in [1.29, 1.82) is 0 Å². The largest absolute Gasteiger partial charge is 0.489 e. The van der Waals surface area contributed by atoms with E-state index in [0.29, 0.717) is 0 Å². The van der Waals surface area contributed by atoms with E-state index in [1.807, 2.05) is 0 Å². The van der Waals surface area contributed by atoms with Gasteiger partial charge in [-0.3, -0.25) is 4.79 Å². The van der Waals surface area contributed by atoms with Crippen LogP contribution in [0.4, 0.5) is 10.1 Å². The number of ether oxygens (including phenoxy) is 1. The number of carboxylic acid groups (broad SMARTS) is 1. The van der Waals surface area contributed by atoms with Crippen molar-refractivity contribution >= 4 is 64.0 Å². The van der Waals surface area contributed by atoms with Crippen molar-refractivity contribution in [2.45, 2.75) is 13.5 Å². The highest BCUT2D eigenvalue weighted by atomic mass is 35.5. The Balaban J connectivity index is 1.90. The fraction of sp³-hybridized carbons (Fsp3) is 0.130. The minimum absolute atomic E-state index is 0.00293. The highest BCUT2D eigenvalue weighted by Crippen LogP contribution is 2.37. The van der Waals surface area contributed by atoms with Gasteiger partial charge < -0.3 is 14.7 Å². The zero-order chi connectivity index (χ0) is 24.3. The predicted octanol–water partition coefficient (Wildman–Crippen LogP) is 7.38. The minimum Gasteiger partial charge on any atom is -0.489 e. The van der Waals surface area contributed by atoms with Crippen molar-refractivity contribution in [3.05, 3.63) is 91.1 Å². The molecule has 0 atom stereocenters. The van der Waals surface area contributed by atoms with E-state index in [4.69, 9.17) is 51.1 Å². The van der Waals surface area contributed by atoms with Gasteiger partial charge in [-0.25, -0.2) is 9.18 Å². The van der Waals surface area contributed by atoms with Gasteiger partial charge in [0.15, 0.2) is 0 Å². The van der Waals surface area contributed by atoms with Gasteiger partial charge in [0.1, 0.15) is 18.2 Å². The van der Waals surface area contributed by atoms with Crippen molar-refractivity contribution in [3.8, 4) is 5.75 Å². The maximum atomic E-state index is 14.0. The molecule has 0 radical (unpaired) electrons. The van der Waals surface area contributed by atoms with Crippen molar-refractivity contribution in [1.82, 2.24) is 0 Å². The number of nitrogens with zero attached hydrogens (tertiary/aromatic N) is 1. The van der Waals surface area contributed by atoms with Gasteiger partial charge in [0, 0.05) is 17.1 Å². The Bertz CT molecular complexity index is 1210. The smallest absolute Gasteiger partial charge is 0.335 e. The average molecular weight is 531 g/mol. The molecule has 3 rings (SSSR count). The second-order valence-corrected chi connectivity index (χ2v) is 8.47. The summed E-state index contributed by atoms with van der Waals surface area (Å²) in [7, 11) is 0. The minimum atomic E-state index is -1.20. The monoisotopic (exact) mass is 529 g/mol. The molecule has 0 aliphatic heterocycles. The molecule has 5 nitrogen and oxygen atoms in total. The number of carbonyl (C=O) groups excluding carboxylic acids is 1. The van der Waals surface area contributed by atoms with Crippen LogP contribution in [0, 0.1) is 5.82 Å². The van der Waals surface area contributed by atoms with Gasteiger partial charge in [0.2, 0.25) is 0 Å². The quantitative estimate of drug-likeness (QED) is 0.346. The molecule has 0 spiro atoms. The van der Waals surface area contributed by atoms with E-state index >= 15 is 0 Å². The van der Waals surface area contributed by atoms with Crippen molar-refractivity contribution < 1.29 is 23.8 Å². The van der Waals surface area contributed by atoms with Gasteiger partial charge >= 0.3 is 5.97 Å². The molecule has 0 fully saturated rings. The van der Waals surface area contributed by atoms with E-state index in [1.165, 1.54) is 41.3 Å². The number of carbonyl (C=O) groups is 2. The highest BCUT2D eigenvalue weighted by Gasteiger charge is 2.25.